The number of benzene rings is 1. The van der Waals surface area contributed by atoms with Crippen molar-refractivity contribution in [3.8, 4) is 0 Å². The van der Waals surface area contributed by atoms with E-state index in [1.807, 2.05) is 0 Å². The van der Waals surface area contributed by atoms with Gasteiger partial charge in [-0.2, -0.15) is 0 Å². The second kappa shape index (κ2) is 6.04. The maximum absolute atomic E-state index is 2.37. The van der Waals surface area contributed by atoms with Crippen molar-refractivity contribution >= 4 is 11.6 Å². The zero-order chi connectivity index (χ0) is 13.8. The molecule has 102 valence electrons. The minimum Gasteiger partial charge on any atom is -0.201 e. The van der Waals surface area contributed by atoms with Crippen molar-refractivity contribution in [3.63, 3.8) is 0 Å². The molecule has 0 N–H and O–H groups in total. The van der Waals surface area contributed by atoms with Crippen molar-refractivity contribution in [3.05, 3.63) is 65.5 Å². The first-order valence-electron chi connectivity index (χ1n) is 7.58. The summed E-state index contributed by atoms with van der Waals surface area (Å²) >= 11 is 0. The van der Waals surface area contributed by atoms with E-state index in [4.69, 9.17) is 0 Å². The summed E-state index contributed by atoms with van der Waals surface area (Å²) in [5.41, 5.74) is 5.71. The minimum absolute atomic E-state index is 1.18. The molecule has 0 spiro atoms. The van der Waals surface area contributed by atoms with Gasteiger partial charge in [0.15, 0.2) is 6.20 Å². The van der Waals surface area contributed by atoms with Crippen LogP contribution in [0.25, 0.3) is 11.6 Å². The number of aryl methyl sites for hydroxylation is 2. The highest BCUT2D eigenvalue weighted by Crippen LogP contribution is 2.28. The van der Waals surface area contributed by atoms with Crippen LogP contribution in [0, 0.1) is 0 Å². The molecule has 1 heterocycles. The predicted octanol–water partition coefficient (Wildman–Crippen LogP) is 4.17. The fourth-order valence-corrected chi connectivity index (χ4v) is 3.12. The predicted molar refractivity (Wildman–Crippen MR) is 84.1 cm³/mol. The Kier molecular flexibility index (Phi) is 3.96. The lowest BCUT2D eigenvalue weighted by Crippen LogP contribution is -2.34. The highest BCUT2D eigenvalue weighted by molar-refractivity contribution is 5.80. The number of hydrogen-bond acceptors (Lipinski definition) is 0. The molecule has 1 aliphatic carbocycles. The van der Waals surface area contributed by atoms with Gasteiger partial charge in [-0.15, -0.1) is 0 Å². The number of allylic oxidation sites excluding steroid dienone is 1. The Labute approximate surface area is 121 Å². The molecule has 1 heteroatoms. The van der Waals surface area contributed by atoms with Crippen molar-refractivity contribution in [2.24, 2.45) is 7.05 Å². The minimum atomic E-state index is 1.18. The summed E-state index contributed by atoms with van der Waals surface area (Å²) in [4.78, 5) is 0. The molecule has 0 fully saturated rings. The lowest BCUT2D eigenvalue weighted by molar-refractivity contribution is -0.674. The average molecular weight is 264 g/mol. The Morgan fingerprint density at radius 3 is 2.55 bits per heavy atom. The standard InChI is InChI=1S/C19H22N/c1-20-14-8-13-17-11-6-3-7-12-18(19(17)20)15-16-9-4-2-5-10-16/h2,4-5,8-10,13-15H,3,6-7,11-12H2,1H3/q+1/b18-15+. The summed E-state index contributed by atoms with van der Waals surface area (Å²) < 4.78 is 2.29. The van der Waals surface area contributed by atoms with Crippen LogP contribution in [-0.4, -0.2) is 0 Å². The average Bonchev–Trinajstić information content (AvgIpc) is 2.44. The number of rotatable bonds is 1. The molecule has 2 aromatic rings. The lowest BCUT2D eigenvalue weighted by Gasteiger charge is -2.14. The highest BCUT2D eigenvalue weighted by atomic mass is 14.9. The number of fused-ring (bicyclic) bond motifs is 1. The fourth-order valence-electron chi connectivity index (χ4n) is 3.12. The molecule has 3 rings (SSSR count). The van der Waals surface area contributed by atoms with Gasteiger partial charge in [-0.1, -0.05) is 36.8 Å². The molecular formula is C19H22N+. The van der Waals surface area contributed by atoms with Crippen LogP contribution in [0.1, 0.15) is 42.5 Å². The molecule has 20 heavy (non-hydrogen) atoms. The third-order valence-electron chi connectivity index (χ3n) is 4.10. The maximum atomic E-state index is 2.37. The topological polar surface area (TPSA) is 3.88 Å². The summed E-state index contributed by atoms with van der Waals surface area (Å²) in [5, 5.41) is 0. The van der Waals surface area contributed by atoms with Crippen LogP contribution in [0.2, 0.25) is 0 Å². The van der Waals surface area contributed by atoms with E-state index in [0.29, 0.717) is 0 Å². The van der Waals surface area contributed by atoms with E-state index in [0.717, 1.165) is 0 Å². The Hall–Kier alpha value is -1.89. The molecule has 0 saturated carbocycles. The van der Waals surface area contributed by atoms with Crippen LogP contribution in [0.4, 0.5) is 0 Å². The van der Waals surface area contributed by atoms with E-state index in [1.54, 1.807) is 0 Å². The molecule has 1 aromatic heterocycles. The molecular weight excluding hydrogens is 242 g/mol. The normalized spacial score (nSPS) is 17.4. The summed E-state index contributed by atoms with van der Waals surface area (Å²) in [6.45, 7) is 0. The van der Waals surface area contributed by atoms with Gasteiger partial charge < -0.3 is 0 Å². The van der Waals surface area contributed by atoms with Gasteiger partial charge in [0, 0.05) is 17.2 Å². The molecule has 1 nitrogen and oxygen atoms in total. The van der Waals surface area contributed by atoms with Gasteiger partial charge >= 0.3 is 0 Å². The van der Waals surface area contributed by atoms with Crippen LogP contribution in [0.15, 0.2) is 48.7 Å². The van der Waals surface area contributed by atoms with Crippen molar-refractivity contribution in [1.29, 1.82) is 0 Å². The van der Waals surface area contributed by atoms with Crippen LogP contribution in [0.5, 0.6) is 0 Å². The Morgan fingerprint density at radius 2 is 1.70 bits per heavy atom. The summed E-state index contributed by atoms with van der Waals surface area (Å²) in [6.07, 6.45) is 10.9. The summed E-state index contributed by atoms with van der Waals surface area (Å²) in [5.74, 6) is 0. The van der Waals surface area contributed by atoms with Gasteiger partial charge in [0.1, 0.15) is 7.05 Å². The van der Waals surface area contributed by atoms with E-state index >= 15 is 0 Å². The first-order valence-corrected chi connectivity index (χ1v) is 7.58. The monoisotopic (exact) mass is 264 g/mol. The van der Waals surface area contributed by atoms with E-state index in [2.05, 4.69) is 66.4 Å². The number of hydrogen-bond donors (Lipinski definition) is 0. The molecule has 0 unspecified atom stereocenters. The van der Waals surface area contributed by atoms with Crippen molar-refractivity contribution in [2.45, 2.75) is 32.1 Å². The van der Waals surface area contributed by atoms with Gasteiger partial charge in [0.25, 0.3) is 0 Å². The van der Waals surface area contributed by atoms with Crippen molar-refractivity contribution < 1.29 is 4.57 Å². The number of aromatic nitrogens is 1. The maximum Gasteiger partial charge on any atom is 0.211 e. The third kappa shape index (κ3) is 2.82. The molecule has 0 saturated heterocycles. The number of nitrogens with zero attached hydrogens (tertiary/aromatic N) is 1. The molecule has 1 aromatic carbocycles. The molecule has 1 aliphatic rings. The van der Waals surface area contributed by atoms with Crippen LogP contribution in [-0.2, 0) is 13.5 Å². The first kappa shape index (κ1) is 13.1. The lowest BCUT2D eigenvalue weighted by atomic mass is 9.92. The molecule has 0 bridgehead atoms. The SMILES string of the molecule is C[n+]1cccc2c1/C(=C/c1ccccc1)CCCCC2. The molecule has 0 aliphatic heterocycles. The van der Waals surface area contributed by atoms with Crippen molar-refractivity contribution in [2.75, 3.05) is 0 Å². The molecule has 0 atom stereocenters. The highest BCUT2D eigenvalue weighted by Gasteiger charge is 2.19. The zero-order valence-electron chi connectivity index (χ0n) is 12.2. The van der Waals surface area contributed by atoms with Gasteiger partial charge in [0.05, 0.1) is 0 Å². The molecule has 0 amide bonds. The Bertz CT molecular complexity index is 611. The summed E-state index contributed by atoms with van der Waals surface area (Å²) in [7, 11) is 2.17. The number of pyridine rings is 1. The van der Waals surface area contributed by atoms with Gasteiger partial charge in [-0.05, 0) is 43.4 Å². The van der Waals surface area contributed by atoms with Crippen LogP contribution >= 0.6 is 0 Å². The van der Waals surface area contributed by atoms with E-state index in [-0.39, 0.29) is 0 Å². The molecule has 0 radical (unpaired) electrons. The largest absolute Gasteiger partial charge is 0.211 e. The van der Waals surface area contributed by atoms with Gasteiger partial charge in [-0.25, -0.2) is 4.57 Å². The third-order valence-corrected chi connectivity index (χ3v) is 4.10. The van der Waals surface area contributed by atoms with Crippen LogP contribution in [0.3, 0.4) is 0 Å². The first-order chi connectivity index (χ1) is 9.84. The Balaban J connectivity index is 2.09. The smallest absolute Gasteiger partial charge is 0.201 e. The van der Waals surface area contributed by atoms with Gasteiger partial charge in [0.2, 0.25) is 5.69 Å². The summed E-state index contributed by atoms with van der Waals surface area (Å²) in [6, 6.07) is 15.1. The van der Waals surface area contributed by atoms with Crippen LogP contribution < -0.4 is 4.57 Å². The van der Waals surface area contributed by atoms with Gasteiger partial charge in [-0.3, -0.25) is 0 Å². The van der Waals surface area contributed by atoms with E-state index in [9.17, 15) is 0 Å². The van der Waals surface area contributed by atoms with E-state index < -0.39 is 0 Å². The quantitative estimate of drug-likeness (QED) is 0.681. The Morgan fingerprint density at radius 1 is 0.900 bits per heavy atom. The second-order valence-corrected chi connectivity index (χ2v) is 5.63. The fraction of sp³-hybridized carbons (Fsp3) is 0.316. The zero-order valence-corrected chi connectivity index (χ0v) is 12.2. The van der Waals surface area contributed by atoms with Crippen molar-refractivity contribution in [1.82, 2.24) is 0 Å². The second-order valence-electron chi connectivity index (χ2n) is 5.63. The van der Waals surface area contributed by atoms with E-state index in [1.165, 1.54) is 54.5 Å².